The van der Waals surface area contributed by atoms with Gasteiger partial charge in [0.05, 0.1) is 37.7 Å². The van der Waals surface area contributed by atoms with E-state index in [1.54, 1.807) is 17.8 Å². The highest BCUT2D eigenvalue weighted by molar-refractivity contribution is 5.99. The van der Waals surface area contributed by atoms with E-state index in [4.69, 9.17) is 4.74 Å². The van der Waals surface area contributed by atoms with Crippen molar-refractivity contribution in [3.63, 3.8) is 0 Å². The predicted molar refractivity (Wildman–Crippen MR) is 102 cm³/mol. The number of nitrogens with zero attached hydrogens (tertiary/aromatic N) is 5. The lowest BCUT2D eigenvalue weighted by atomic mass is 9.98. The normalized spacial score (nSPS) is 21.0. The molecule has 0 unspecified atom stereocenters. The Bertz CT molecular complexity index is 860. The fraction of sp³-hybridized carbons (Fsp3) is 0.579. The molecular weight excluding hydrogens is 360 g/mol. The highest BCUT2D eigenvalue weighted by atomic mass is 16.5. The Morgan fingerprint density at radius 1 is 1.25 bits per heavy atom. The van der Waals surface area contributed by atoms with Crippen molar-refractivity contribution in [3.05, 3.63) is 29.7 Å². The molecular formula is C19H26N6O3. The average Bonchev–Trinajstić information content (AvgIpc) is 3.18. The number of hydrogen-bond acceptors (Lipinski definition) is 6. The van der Waals surface area contributed by atoms with E-state index in [9.17, 15) is 9.59 Å². The maximum atomic E-state index is 13.1. The first-order valence-corrected chi connectivity index (χ1v) is 9.83. The average molecular weight is 386 g/mol. The van der Waals surface area contributed by atoms with Crippen LogP contribution < -0.4 is 5.32 Å². The molecule has 9 nitrogen and oxygen atoms in total. The lowest BCUT2D eigenvalue weighted by Gasteiger charge is -2.37. The Hall–Kier alpha value is -2.52. The number of hydrogen-bond donors (Lipinski definition) is 1. The van der Waals surface area contributed by atoms with Crippen molar-refractivity contribution in [3.8, 4) is 0 Å². The van der Waals surface area contributed by atoms with Gasteiger partial charge in [0.25, 0.3) is 5.91 Å². The lowest BCUT2D eigenvalue weighted by Crippen LogP contribution is -2.47. The van der Waals surface area contributed by atoms with Crippen LogP contribution >= 0.6 is 0 Å². The zero-order valence-electron chi connectivity index (χ0n) is 16.1. The van der Waals surface area contributed by atoms with Gasteiger partial charge >= 0.3 is 0 Å². The monoisotopic (exact) mass is 386 g/mol. The summed E-state index contributed by atoms with van der Waals surface area (Å²) in [5.74, 6) is -0.0845. The van der Waals surface area contributed by atoms with Crippen molar-refractivity contribution in [2.45, 2.75) is 25.3 Å². The number of morpholine rings is 1. The molecule has 150 valence electrons. The molecule has 0 aromatic carbocycles. The van der Waals surface area contributed by atoms with Crippen LogP contribution in [0.2, 0.25) is 0 Å². The molecule has 0 aliphatic carbocycles. The van der Waals surface area contributed by atoms with Crippen molar-refractivity contribution in [1.29, 1.82) is 0 Å². The standard InChI is InChI=1S/C19H26N6O3/c1-20-19(27)14-12-22-25-16(5-6-21-18(14)25)15-4-2-3-7-24(15)17(26)13-23-8-10-28-11-9-23/h5-6,12,15H,2-4,7-11,13H2,1H3,(H,20,27)/t15-/m0/s1. The maximum Gasteiger partial charge on any atom is 0.256 e. The van der Waals surface area contributed by atoms with E-state index in [-0.39, 0.29) is 17.9 Å². The van der Waals surface area contributed by atoms with Crippen molar-refractivity contribution < 1.29 is 14.3 Å². The van der Waals surface area contributed by atoms with Gasteiger partial charge in [-0.25, -0.2) is 9.50 Å². The third-order valence-corrected chi connectivity index (χ3v) is 5.53. The summed E-state index contributed by atoms with van der Waals surface area (Å²) in [7, 11) is 1.59. The lowest BCUT2D eigenvalue weighted by molar-refractivity contribution is -0.137. The predicted octanol–water partition coefficient (Wildman–Crippen LogP) is 0.475. The zero-order chi connectivity index (χ0) is 19.5. The Balaban J connectivity index is 1.61. The van der Waals surface area contributed by atoms with E-state index in [0.717, 1.165) is 44.6 Å². The molecule has 4 heterocycles. The number of rotatable bonds is 4. The van der Waals surface area contributed by atoms with Gasteiger partial charge in [0.1, 0.15) is 5.56 Å². The number of nitrogens with one attached hydrogen (secondary N) is 1. The van der Waals surface area contributed by atoms with Crippen molar-refractivity contribution in [2.75, 3.05) is 46.4 Å². The number of aromatic nitrogens is 3. The molecule has 0 saturated carbocycles. The van der Waals surface area contributed by atoms with Crippen LogP contribution in [0, 0.1) is 0 Å². The second-order valence-corrected chi connectivity index (χ2v) is 7.23. The molecule has 2 saturated heterocycles. The third kappa shape index (κ3) is 3.59. The van der Waals surface area contributed by atoms with Gasteiger partial charge in [-0.3, -0.25) is 14.5 Å². The molecule has 4 rings (SSSR count). The zero-order valence-corrected chi connectivity index (χ0v) is 16.1. The summed E-state index contributed by atoms with van der Waals surface area (Å²) in [5.41, 5.74) is 1.85. The van der Waals surface area contributed by atoms with Gasteiger partial charge < -0.3 is 15.0 Å². The van der Waals surface area contributed by atoms with Gasteiger partial charge in [-0.05, 0) is 25.3 Å². The summed E-state index contributed by atoms with van der Waals surface area (Å²) < 4.78 is 7.08. The Labute approximate surface area is 163 Å². The first-order chi connectivity index (χ1) is 13.7. The van der Waals surface area contributed by atoms with Crippen molar-refractivity contribution in [1.82, 2.24) is 29.7 Å². The smallest absolute Gasteiger partial charge is 0.256 e. The van der Waals surface area contributed by atoms with E-state index in [1.165, 1.54) is 6.20 Å². The molecule has 9 heteroatoms. The first-order valence-electron chi connectivity index (χ1n) is 9.83. The molecule has 2 aliphatic heterocycles. The second kappa shape index (κ2) is 8.24. The molecule has 0 bridgehead atoms. The fourth-order valence-electron chi connectivity index (χ4n) is 4.04. The molecule has 2 amide bonds. The van der Waals surface area contributed by atoms with Crippen molar-refractivity contribution >= 4 is 17.5 Å². The van der Waals surface area contributed by atoms with E-state index in [0.29, 0.717) is 31.0 Å². The van der Waals surface area contributed by atoms with Crippen LogP contribution in [-0.2, 0) is 9.53 Å². The van der Waals surface area contributed by atoms with Crippen LogP contribution in [0.5, 0.6) is 0 Å². The number of carbonyl (C=O) groups is 2. The number of amides is 2. The van der Waals surface area contributed by atoms with E-state index >= 15 is 0 Å². The summed E-state index contributed by atoms with van der Waals surface area (Å²) in [4.78, 5) is 33.6. The van der Waals surface area contributed by atoms with Crippen LogP contribution in [-0.4, -0.2) is 82.7 Å². The molecule has 2 aromatic rings. The minimum atomic E-state index is -0.219. The van der Waals surface area contributed by atoms with Crippen molar-refractivity contribution in [2.24, 2.45) is 0 Å². The third-order valence-electron chi connectivity index (χ3n) is 5.53. The molecule has 1 atom stereocenters. The highest BCUT2D eigenvalue weighted by Crippen LogP contribution is 2.31. The summed E-state index contributed by atoms with van der Waals surface area (Å²) in [6.07, 6.45) is 6.16. The molecule has 0 radical (unpaired) electrons. The number of carbonyl (C=O) groups excluding carboxylic acids is 2. The summed E-state index contributed by atoms with van der Waals surface area (Å²) in [6.45, 7) is 4.09. The highest BCUT2D eigenvalue weighted by Gasteiger charge is 2.31. The molecule has 2 aliphatic rings. The summed E-state index contributed by atoms with van der Waals surface area (Å²) in [5, 5.41) is 7.02. The van der Waals surface area contributed by atoms with Crippen LogP contribution in [0.25, 0.3) is 5.65 Å². The Kier molecular flexibility index (Phi) is 5.54. The number of piperidine rings is 1. The van der Waals surface area contributed by atoms with E-state index in [2.05, 4.69) is 20.3 Å². The summed E-state index contributed by atoms with van der Waals surface area (Å²) in [6, 6.07) is 1.84. The van der Waals surface area contributed by atoms with Gasteiger partial charge in [0.15, 0.2) is 5.65 Å². The number of likely N-dealkylation sites (tertiary alicyclic amines) is 1. The largest absolute Gasteiger partial charge is 0.379 e. The van der Waals surface area contributed by atoms with Crippen LogP contribution in [0.1, 0.15) is 41.4 Å². The molecule has 0 spiro atoms. The number of ether oxygens (including phenoxy) is 1. The van der Waals surface area contributed by atoms with Gasteiger partial charge in [-0.15, -0.1) is 0 Å². The second-order valence-electron chi connectivity index (χ2n) is 7.23. The molecule has 28 heavy (non-hydrogen) atoms. The molecule has 1 N–H and O–H groups in total. The maximum absolute atomic E-state index is 13.1. The topological polar surface area (TPSA) is 92.1 Å². The minimum absolute atomic E-state index is 0.0646. The minimum Gasteiger partial charge on any atom is -0.379 e. The van der Waals surface area contributed by atoms with E-state index < -0.39 is 0 Å². The fourth-order valence-corrected chi connectivity index (χ4v) is 4.04. The van der Waals surface area contributed by atoms with Gasteiger partial charge in [0.2, 0.25) is 5.91 Å². The van der Waals surface area contributed by atoms with Crippen LogP contribution in [0.4, 0.5) is 0 Å². The quantitative estimate of drug-likeness (QED) is 0.822. The van der Waals surface area contributed by atoms with Gasteiger partial charge in [-0.1, -0.05) is 0 Å². The van der Waals surface area contributed by atoms with E-state index in [1.807, 2.05) is 11.0 Å². The molecule has 2 fully saturated rings. The van der Waals surface area contributed by atoms with Gasteiger partial charge in [-0.2, -0.15) is 5.10 Å². The Morgan fingerprint density at radius 2 is 2.07 bits per heavy atom. The van der Waals surface area contributed by atoms with Gasteiger partial charge in [0, 0.05) is 32.9 Å². The van der Waals surface area contributed by atoms with Crippen LogP contribution in [0.15, 0.2) is 18.5 Å². The Morgan fingerprint density at radius 3 is 2.86 bits per heavy atom. The van der Waals surface area contributed by atoms with Crippen LogP contribution in [0.3, 0.4) is 0 Å². The number of fused-ring (bicyclic) bond motifs is 1. The summed E-state index contributed by atoms with van der Waals surface area (Å²) >= 11 is 0. The SMILES string of the molecule is CNC(=O)c1cnn2c([C@@H]3CCCCN3C(=O)CN3CCOCC3)ccnc12. The first kappa shape index (κ1) is 18.8. The molecule has 2 aromatic heterocycles.